The van der Waals surface area contributed by atoms with Gasteiger partial charge in [-0.05, 0) is 12.1 Å². The molecule has 0 aliphatic rings. The lowest BCUT2D eigenvalue weighted by Gasteiger charge is -2.07. The summed E-state index contributed by atoms with van der Waals surface area (Å²) < 4.78 is 31.9. The smallest absolute Gasteiger partial charge is 0.297 e. The third-order valence-corrected chi connectivity index (χ3v) is 3.26. The number of carbonyl (C=O) groups excluding carboxylic acids is 1. The fourth-order valence-corrected chi connectivity index (χ4v) is 2.15. The molecule has 1 N–H and O–H groups in total. The summed E-state index contributed by atoms with van der Waals surface area (Å²) in [5, 5.41) is 13.4. The Labute approximate surface area is 129 Å². The average Bonchev–Trinajstić information content (AvgIpc) is 3.12. The topological polar surface area (TPSA) is 85.3 Å². The number of amides is 1. The first-order valence-corrected chi connectivity index (χ1v) is 6.86. The second-order valence-electron chi connectivity index (χ2n) is 5.22. The highest BCUT2D eigenvalue weighted by Crippen LogP contribution is 2.24. The predicted octanol–water partition coefficient (Wildman–Crippen LogP) is 3.03. The predicted molar refractivity (Wildman–Crippen MR) is 76.5 cm³/mol. The second-order valence-corrected chi connectivity index (χ2v) is 5.22. The number of rotatable bonds is 4. The zero-order chi connectivity index (χ0) is 16.6. The van der Waals surface area contributed by atoms with Crippen LogP contribution in [0.4, 0.5) is 14.5 Å². The number of halogens is 2. The van der Waals surface area contributed by atoms with Gasteiger partial charge in [-0.3, -0.25) is 9.20 Å². The van der Waals surface area contributed by atoms with E-state index in [2.05, 4.69) is 20.7 Å². The zero-order valence-corrected chi connectivity index (χ0v) is 12.3. The lowest BCUT2D eigenvalue weighted by Crippen LogP contribution is -2.13. The first-order chi connectivity index (χ1) is 11.0. The van der Waals surface area contributed by atoms with E-state index in [1.54, 1.807) is 0 Å². The molecule has 9 heteroatoms. The van der Waals surface area contributed by atoms with Gasteiger partial charge < -0.3 is 9.84 Å². The van der Waals surface area contributed by atoms with Crippen molar-refractivity contribution in [3.63, 3.8) is 0 Å². The van der Waals surface area contributed by atoms with Gasteiger partial charge in [-0.15, -0.1) is 10.2 Å². The number of aromatic nitrogens is 4. The molecule has 0 aliphatic carbocycles. The fourth-order valence-electron chi connectivity index (χ4n) is 2.15. The summed E-state index contributed by atoms with van der Waals surface area (Å²) in [7, 11) is 0. The number of carbonyl (C=O) groups is 1. The largest absolute Gasteiger partial charge is 0.359 e. The summed E-state index contributed by atoms with van der Waals surface area (Å²) in [5.74, 6) is -0.399. The maximum atomic E-state index is 12.9. The molecule has 0 spiro atoms. The van der Waals surface area contributed by atoms with Gasteiger partial charge in [-0.1, -0.05) is 19.0 Å². The van der Waals surface area contributed by atoms with Crippen LogP contribution in [-0.4, -0.2) is 25.7 Å². The van der Waals surface area contributed by atoms with Gasteiger partial charge >= 0.3 is 0 Å². The van der Waals surface area contributed by atoms with Crippen molar-refractivity contribution < 1.29 is 18.1 Å². The van der Waals surface area contributed by atoms with E-state index < -0.39 is 18.2 Å². The highest BCUT2D eigenvalue weighted by molar-refractivity contribution is 6.04. The molecule has 23 heavy (non-hydrogen) atoms. The SMILES string of the molecule is CC(C)c1oncc1NC(=O)c1ccc2nnc(C(F)F)n2c1. The van der Waals surface area contributed by atoms with Gasteiger partial charge in [0.2, 0.25) is 5.82 Å². The van der Waals surface area contributed by atoms with Gasteiger partial charge in [-0.25, -0.2) is 8.78 Å². The lowest BCUT2D eigenvalue weighted by molar-refractivity contribution is 0.102. The Bertz CT molecular complexity index is 856. The van der Waals surface area contributed by atoms with Gasteiger partial charge in [0.05, 0.1) is 11.8 Å². The van der Waals surface area contributed by atoms with E-state index in [1.165, 1.54) is 24.5 Å². The Morgan fingerprint density at radius 1 is 1.30 bits per heavy atom. The van der Waals surface area contributed by atoms with Crippen molar-refractivity contribution in [1.82, 2.24) is 19.8 Å². The molecule has 3 aromatic heterocycles. The first kappa shape index (κ1) is 15.1. The van der Waals surface area contributed by atoms with Crippen molar-refractivity contribution in [2.45, 2.75) is 26.2 Å². The number of pyridine rings is 1. The minimum atomic E-state index is -2.78. The highest BCUT2D eigenvalue weighted by Gasteiger charge is 2.19. The van der Waals surface area contributed by atoms with Crippen molar-refractivity contribution in [1.29, 1.82) is 0 Å². The van der Waals surface area contributed by atoms with E-state index in [1.807, 2.05) is 13.8 Å². The summed E-state index contributed by atoms with van der Waals surface area (Å²) in [6, 6.07) is 2.93. The molecule has 0 bridgehead atoms. The van der Waals surface area contributed by atoms with E-state index >= 15 is 0 Å². The van der Waals surface area contributed by atoms with E-state index in [0.717, 1.165) is 4.40 Å². The first-order valence-electron chi connectivity index (χ1n) is 6.86. The van der Waals surface area contributed by atoms with Crippen molar-refractivity contribution >= 4 is 17.2 Å². The number of nitrogens with zero attached hydrogens (tertiary/aromatic N) is 4. The summed E-state index contributed by atoms with van der Waals surface area (Å²) in [6.07, 6.45) is -0.113. The minimum absolute atomic E-state index is 0.0403. The molecular formula is C14H13F2N5O2. The van der Waals surface area contributed by atoms with Crippen molar-refractivity contribution in [3.8, 4) is 0 Å². The molecule has 0 saturated carbocycles. The van der Waals surface area contributed by atoms with E-state index in [4.69, 9.17) is 4.52 Å². The Morgan fingerprint density at radius 2 is 2.09 bits per heavy atom. The fraction of sp³-hybridized carbons (Fsp3) is 0.286. The van der Waals surface area contributed by atoms with Gasteiger partial charge in [-0.2, -0.15) is 0 Å². The number of fused-ring (bicyclic) bond motifs is 1. The normalized spacial score (nSPS) is 11.6. The Balaban J connectivity index is 1.91. The molecule has 0 unspecified atom stereocenters. The van der Waals surface area contributed by atoms with Crippen LogP contribution in [0.2, 0.25) is 0 Å². The molecule has 0 saturated heterocycles. The number of anilines is 1. The Morgan fingerprint density at radius 3 is 2.78 bits per heavy atom. The van der Waals surface area contributed by atoms with Crippen molar-refractivity contribution in [3.05, 3.63) is 41.7 Å². The number of hydrogen-bond acceptors (Lipinski definition) is 5. The van der Waals surface area contributed by atoms with E-state index in [-0.39, 0.29) is 17.1 Å². The van der Waals surface area contributed by atoms with Crippen LogP contribution in [0.5, 0.6) is 0 Å². The van der Waals surface area contributed by atoms with Crippen LogP contribution in [-0.2, 0) is 0 Å². The summed E-state index contributed by atoms with van der Waals surface area (Å²) >= 11 is 0. The molecule has 3 rings (SSSR count). The van der Waals surface area contributed by atoms with Crippen LogP contribution in [0.3, 0.4) is 0 Å². The minimum Gasteiger partial charge on any atom is -0.359 e. The van der Waals surface area contributed by atoms with Crippen LogP contribution in [0.25, 0.3) is 5.65 Å². The summed E-state index contributed by atoms with van der Waals surface area (Å²) in [5.41, 5.74) is 0.878. The van der Waals surface area contributed by atoms with Gasteiger partial charge in [0.1, 0.15) is 5.69 Å². The standard InChI is InChI=1S/C14H13F2N5O2/c1-7(2)11-9(5-17-23-11)18-14(22)8-3-4-10-19-20-13(12(15)16)21(10)6-8/h3-7,12H,1-2H3,(H,18,22). The van der Waals surface area contributed by atoms with E-state index in [0.29, 0.717) is 11.4 Å². The summed E-state index contributed by atoms with van der Waals surface area (Å²) in [6.45, 7) is 3.79. The van der Waals surface area contributed by atoms with Crippen LogP contribution in [0, 0.1) is 0 Å². The van der Waals surface area contributed by atoms with Crippen LogP contribution in [0.15, 0.2) is 29.0 Å². The van der Waals surface area contributed by atoms with Crippen molar-refractivity contribution in [2.75, 3.05) is 5.32 Å². The molecule has 1 amide bonds. The molecule has 0 fully saturated rings. The van der Waals surface area contributed by atoms with Gasteiger partial charge in [0.25, 0.3) is 12.3 Å². The van der Waals surface area contributed by atoms with Crippen molar-refractivity contribution in [2.24, 2.45) is 0 Å². The number of hydrogen-bond donors (Lipinski definition) is 1. The summed E-state index contributed by atoms with van der Waals surface area (Å²) in [4.78, 5) is 12.3. The second kappa shape index (κ2) is 5.75. The zero-order valence-electron chi connectivity index (χ0n) is 12.3. The number of nitrogens with one attached hydrogen (secondary N) is 1. The van der Waals surface area contributed by atoms with Gasteiger partial charge in [0.15, 0.2) is 11.4 Å². The van der Waals surface area contributed by atoms with Crippen LogP contribution >= 0.6 is 0 Å². The Hall–Kier alpha value is -2.84. The third-order valence-electron chi connectivity index (χ3n) is 3.26. The molecule has 3 heterocycles. The molecule has 0 aromatic carbocycles. The average molecular weight is 321 g/mol. The molecular weight excluding hydrogens is 308 g/mol. The molecule has 7 nitrogen and oxygen atoms in total. The Kier molecular flexibility index (Phi) is 3.77. The molecule has 0 aliphatic heterocycles. The molecule has 0 atom stereocenters. The molecule has 120 valence electrons. The maximum absolute atomic E-state index is 12.9. The molecule has 3 aromatic rings. The van der Waals surface area contributed by atoms with Crippen LogP contribution in [0.1, 0.15) is 48.1 Å². The lowest BCUT2D eigenvalue weighted by atomic mass is 10.1. The van der Waals surface area contributed by atoms with Gasteiger partial charge in [0, 0.05) is 12.1 Å². The maximum Gasteiger partial charge on any atom is 0.297 e. The monoisotopic (exact) mass is 321 g/mol. The highest BCUT2D eigenvalue weighted by atomic mass is 19.3. The van der Waals surface area contributed by atoms with Crippen LogP contribution < -0.4 is 5.32 Å². The third kappa shape index (κ3) is 2.77. The number of alkyl halides is 2. The molecule has 0 radical (unpaired) electrons. The van der Waals surface area contributed by atoms with E-state index in [9.17, 15) is 13.6 Å². The quantitative estimate of drug-likeness (QED) is 0.798.